The zero-order valence-electron chi connectivity index (χ0n) is 11.4. The van der Waals surface area contributed by atoms with Gasteiger partial charge in [0.15, 0.2) is 0 Å². The lowest BCUT2D eigenvalue weighted by molar-refractivity contribution is 0.423. The van der Waals surface area contributed by atoms with Crippen molar-refractivity contribution in [3.8, 4) is 0 Å². The molecule has 2 rings (SSSR count). The van der Waals surface area contributed by atoms with Crippen LogP contribution in [0.2, 0.25) is 0 Å². The molecule has 1 aliphatic heterocycles. The molecule has 0 unspecified atom stereocenters. The van der Waals surface area contributed by atoms with E-state index in [4.69, 9.17) is 0 Å². The maximum atomic E-state index is 12.5. The average molecular weight is 286 g/mol. The van der Waals surface area contributed by atoms with Crippen molar-refractivity contribution in [1.82, 2.24) is 19.4 Å². The molecule has 1 aromatic rings. The van der Waals surface area contributed by atoms with Crippen LogP contribution in [0.15, 0.2) is 17.3 Å². The first-order valence-corrected chi connectivity index (χ1v) is 8.26. The Kier molecular flexibility index (Phi) is 4.95. The molecule has 0 saturated carbocycles. The first kappa shape index (κ1) is 14.5. The van der Waals surface area contributed by atoms with E-state index in [1.54, 1.807) is 15.2 Å². The number of hydrogen-bond donors (Lipinski definition) is 1. The monoisotopic (exact) mass is 286 g/mol. The van der Waals surface area contributed by atoms with Gasteiger partial charge in [0.2, 0.25) is 10.0 Å². The van der Waals surface area contributed by atoms with Gasteiger partial charge in [-0.05, 0) is 19.9 Å². The van der Waals surface area contributed by atoms with E-state index in [9.17, 15) is 8.42 Å². The number of nitrogens with one attached hydrogen (secondary N) is 1. The molecule has 0 radical (unpaired) electrons. The van der Waals surface area contributed by atoms with Crippen molar-refractivity contribution in [2.75, 3.05) is 26.7 Å². The van der Waals surface area contributed by atoms with Gasteiger partial charge < -0.3 is 5.32 Å². The second-order valence-corrected chi connectivity index (χ2v) is 6.80. The summed E-state index contributed by atoms with van der Waals surface area (Å²) in [5.74, 6) is 0. The van der Waals surface area contributed by atoms with Crippen molar-refractivity contribution in [2.24, 2.45) is 0 Å². The van der Waals surface area contributed by atoms with Gasteiger partial charge in [-0.25, -0.2) is 8.42 Å². The first-order chi connectivity index (χ1) is 9.14. The topological polar surface area (TPSA) is 67.2 Å². The number of likely N-dealkylation sites (N-methyl/N-ethyl adjacent to an activating group) is 1. The Labute approximate surface area is 114 Å². The minimum Gasteiger partial charge on any atom is -0.318 e. The van der Waals surface area contributed by atoms with Crippen LogP contribution in [-0.2, 0) is 16.6 Å². The van der Waals surface area contributed by atoms with E-state index in [-0.39, 0.29) is 0 Å². The molecule has 1 saturated heterocycles. The molecule has 0 amide bonds. The zero-order valence-corrected chi connectivity index (χ0v) is 12.2. The SMILES string of the molecule is CNCCn1cc(S(=O)(=O)N2CCCCCC2)cn1. The molecule has 7 heteroatoms. The molecule has 1 fully saturated rings. The zero-order chi connectivity index (χ0) is 13.7. The van der Waals surface area contributed by atoms with E-state index in [0.29, 0.717) is 24.5 Å². The summed E-state index contributed by atoms with van der Waals surface area (Å²) in [7, 11) is -1.50. The molecule has 0 aliphatic carbocycles. The van der Waals surface area contributed by atoms with Crippen LogP contribution >= 0.6 is 0 Å². The lowest BCUT2D eigenvalue weighted by Crippen LogP contribution is -2.31. The van der Waals surface area contributed by atoms with Crippen molar-refractivity contribution in [2.45, 2.75) is 37.1 Å². The third-order valence-corrected chi connectivity index (χ3v) is 5.25. The second kappa shape index (κ2) is 6.49. The lowest BCUT2D eigenvalue weighted by Gasteiger charge is -2.18. The van der Waals surface area contributed by atoms with E-state index >= 15 is 0 Å². The minimum atomic E-state index is -3.36. The Morgan fingerprint density at radius 3 is 2.58 bits per heavy atom. The summed E-state index contributed by atoms with van der Waals surface area (Å²) in [6, 6.07) is 0. The summed E-state index contributed by atoms with van der Waals surface area (Å²) in [4.78, 5) is 0.311. The van der Waals surface area contributed by atoms with Gasteiger partial charge in [-0.2, -0.15) is 9.40 Å². The highest BCUT2D eigenvalue weighted by atomic mass is 32.2. The van der Waals surface area contributed by atoms with Gasteiger partial charge in [0.1, 0.15) is 4.90 Å². The molecular weight excluding hydrogens is 264 g/mol. The molecule has 19 heavy (non-hydrogen) atoms. The Balaban J connectivity index is 2.11. The minimum absolute atomic E-state index is 0.311. The van der Waals surface area contributed by atoms with Crippen LogP contribution in [0.25, 0.3) is 0 Å². The molecule has 1 N–H and O–H groups in total. The molecule has 1 aliphatic rings. The highest BCUT2D eigenvalue weighted by molar-refractivity contribution is 7.89. The standard InChI is InChI=1S/C12H22N4O2S/c1-13-6-9-15-11-12(10-14-15)19(17,18)16-7-4-2-3-5-8-16/h10-11,13H,2-9H2,1H3. The fourth-order valence-corrected chi connectivity index (χ4v) is 3.73. The van der Waals surface area contributed by atoms with Crippen LogP contribution in [-0.4, -0.2) is 49.2 Å². The molecule has 2 heterocycles. The summed E-state index contributed by atoms with van der Waals surface area (Å²) in [6.45, 7) is 2.70. The molecule has 0 spiro atoms. The fraction of sp³-hybridized carbons (Fsp3) is 0.750. The molecule has 0 bridgehead atoms. The van der Waals surface area contributed by atoms with Gasteiger partial charge in [0.25, 0.3) is 0 Å². The Hall–Kier alpha value is -0.920. The van der Waals surface area contributed by atoms with Gasteiger partial charge in [0.05, 0.1) is 12.7 Å². The Morgan fingerprint density at radius 2 is 1.95 bits per heavy atom. The van der Waals surface area contributed by atoms with Crippen LogP contribution in [0.1, 0.15) is 25.7 Å². The van der Waals surface area contributed by atoms with Crippen molar-refractivity contribution in [3.05, 3.63) is 12.4 Å². The third-order valence-electron chi connectivity index (χ3n) is 3.40. The molecule has 0 atom stereocenters. The van der Waals surface area contributed by atoms with E-state index < -0.39 is 10.0 Å². The summed E-state index contributed by atoms with van der Waals surface area (Å²) >= 11 is 0. The van der Waals surface area contributed by atoms with Crippen molar-refractivity contribution < 1.29 is 8.42 Å². The molecule has 108 valence electrons. The van der Waals surface area contributed by atoms with Crippen molar-refractivity contribution in [1.29, 1.82) is 0 Å². The number of aromatic nitrogens is 2. The van der Waals surface area contributed by atoms with Crippen LogP contribution in [0.4, 0.5) is 0 Å². The van der Waals surface area contributed by atoms with Gasteiger partial charge in [0, 0.05) is 25.8 Å². The maximum Gasteiger partial charge on any atom is 0.246 e. The molecule has 6 nitrogen and oxygen atoms in total. The third kappa shape index (κ3) is 3.55. The van der Waals surface area contributed by atoms with Crippen LogP contribution in [0.5, 0.6) is 0 Å². The predicted molar refractivity (Wildman–Crippen MR) is 73.4 cm³/mol. The van der Waals surface area contributed by atoms with Crippen LogP contribution in [0.3, 0.4) is 0 Å². The fourth-order valence-electron chi connectivity index (χ4n) is 2.26. The number of nitrogens with zero attached hydrogens (tertiary/aromatic N) is 3. The van der Waals surface area contributed by atoms with Gasteiger partial charge in [-0.15, -0.1) is 0 Å². The predicted octanol–water partition coefficient (Wildman–Crippen LogP) is 0.667. The van der Waals surface area contributed by atoms with Gasteiger partial charge >= 0.3 is 0 Å². The second-order valence-electron chi connectivity index (χ2n) is 4.86. The number of sulfonamides is 1. The van der Waals surface area contributed by atoms with Gasteiger partial charge in [-0.3, -0.25) is 4.68 Å². The Morgan fingerprint density at radius 1 is 1.26 bits per heavy atom. The number of hydrogen-bond acceptors (Lipinski definition) is 4. The van der Waals surface area contributed by atoms with Crippen LogP contribution < -0.4 is 5.32 Å². The molecule has 1 aromatic heterocycles. The van der Waals surface area contributed by atoms with Crippen molar-refractivity contribution in [3.63, 3.8) is 0 Å². The summed E-state index contributed by atoms with van der Waals surface area (Å²) in [5, 5.41) is 7.12. The number of rotatable bonds is 5. The summed E-state index contributed by atoms with van der Waals surface area (Å²) < 4.78 is 28.2. The summed E-state index contributed by atoms with van der Waals surface area (Å²) in [5.41, 5.74) is 0. The van der Waals surface area contributed by atoms with E-state index in [0.717, 1.165) is 32.2 Å². The van der Waals surface area contributed by atoms with E-state index in [1.807, 2.05) is 7.05 Å². The average Bonchev–Trinajstić information content (AvgIpc) is 2.70. The lowest BCUT2D eigenvalue weighted by atomic mass is 10.2. The summed E-state index contributed by atoms with van der Waals surface area (Å²) in [6.07, 6.45) is 7.22. The van der Waals surface area contributed by atoms with Crippen molar-refractivity contribution >= 4 is 10.0 Å². The van der Waals surface area contributed by atoms with Gasteiger partial charge in [-0.1, -0.05) is 12.8 Å². The highest BCUT2D eigenvalue weighted by Crippen LogP contribution is 2.19. The smallest absolute Gasteiger partial charge is 0.246 e. The van der Waals surface area contributed by atoms with E-state index in [1.165, 1.54) is 6.20 Å². The normalized spacial score (nSPS) is 18.4. The molecular formula is C12H22N4O2S. The quantitative estimate of drug-likeness (QED) is 0.864. The first-order valence-electron chi connectivity index (χ1n) is 6.82. The van der Waals surface area contributed by atoms with Crippen LogP contribution in [0, 0.1) is 0 Å². The van der Waals surface area contributed by atoms with E-state index in [2.05, 4.69) is 10.4 Å². The molecule has 0 aromatic carbocycles. The Bertz CT molecular complexity index is 490. The highest BCUT2D eigenvalue weighted by Gasteiger charge is 2.26. The largest absolute Gasteiger partial charge is 0.318 e. The maximum absolute atomic E-state index is 12.5.